The number of amides is 1. The lowest BCUT2D eigenvalue weighted by atomic mass is 9.79. The summed E-state index contributed by atoms with van der Waals surface area (Å²) in [4.78, 5) is 38.2. The van der Waals surface area contributed by atoms with Crippen LogP contribution in [-0.4, -0.2) is 42.5 Å². The smallest absolute Gasteiger partial charge is 0.331 e. The standard InChI is InChI=1S/C25H25N7O3/c1-5-20(33)35-30-24(34)18-7-6-8-19(25(2,3)4)21(18)15-9-11-16(12-10-15)22-26-13-17(14-27-22)23-28-31-32-29-23/h6-14H,5H2,1-4H3,(H,30,34)(H,28,29,31,32). The second kappa shape index (κ2) is 9.80. The van der Waals surface area contributed by atoms with Crippen LogP contribution >= 0.6 is 0 Å². The van der Waals surface area contributed by atoms with Gasteiger partial charge in [0.15, 0.2) is 5.82 Å². The Morgan fingerprint density at radius 2 is 1.63 bits per heavy atom. The Kier molecular flexibility index (Phi) is 6.63. The molecule has 178 valence electrons. The molecule has 0 aliphatic carbocycles. The minimum absolute atomic E-state index is 0.161. The Morgan fingerprint density at radius 1 is 0.943 bits per heavy atom. The largest absolute Gasteiger partial charge is 0.341 e. The molecule has 10 heteroatoms. The number of aromatic amines is 1. The van der Waals surface area contributed by atoms with Crippen LogP contribution in [-0.2, 0) is 15.0 Å². The van der Waals surface area contributed by atoms with E-state index in [1.165, 1.54) is 0 Å². The fourth-order valence-electron chi connectivity index (χ4n) is 3.57. The van der Waals surface area contributed by atoms with Crippen molar-refractivity contribution < 1.29 is 14.4 Å². The first kappa shape index (κ1) is 23.7. The number of nitrogens with one attached hydrogen (secondary N) is 2. The number of nitrogens with zero attached hydrogens (tertiary/aromatic N) is 5. The first-order valence-electron chi connectivity index (χ1n) is 11.1. The van der Waals surface area contributed by atoms with Crippen molar-refractivity contribution in [3.63, 3.8) is 0 Å². The van der Waals surface area contributed by atoms with Gasteiger partial charge in [0.25, 0.3) is 5.91 Å². The molecule has 4 rings (SSSR count). The summed E-state index contributed by atoms with van der Waals surface area (Å²) >= 11 is 0. The molecule has 0 spiro atoms. The van der Waals surface area contributed by atoms with Crippen molar-refractivity contribution in [1.29, 1.82) is 0 Å². The number of carbonyl (C=O) groups excluding carboxylic acids is 2. The average Bonchev–Trinajstić information content (AvgIpc) is 3.41. The number of tetrazole rings is 1. The Balaban J connectivity index is 1.68. The van der Waals surface area contributed by atoms with Crippen LogP contribution in [0.25, 0.3) is 33.9 Å². The summed E-state index contributed by atoms with van der Waals surface area (Å²) in [5, 5.41) is 13.8. The first-order valence-corrected chi connectivity index (χ1v) is 11.1. The molecule has 2 aromatic carbocycles. The quantitative estimate of drug-likeness (QED) is 0.419. The number of H-pyrrole nitrogens is 1. The first-order chi connectivity index (χ1) is 16.8. The van der Waals surface area contributed by atoms with Crippen molar-refractivity contribution >= 4 is 11.9 Å². The molecule has 0 bridgehead atoms. The summed E-state index contributed by atoms with van der Waals surface area (Å²) in [6.45, 7) is 7.90. The predicted octanol–water partition coefficient (Wildman–Crippen LogP) is 3.89. The number of rotatable bonds is 5. The van der Waals surface area contributed by atoms with Crippen LogP contribution in [0, 0.1) is 0 Å². The third-order valence-corrected chi connectivity index (χ3v) is 5.35. The number of hydroxylamine groups is 1. The molecular weight excluding hydrogens is 446 g/mol. The molecule has 0 aliphatic rings. The number of aromatic nitrogens is 6. The van der Waals surface area contributed by atoms with Crippen LogP contribution in [0.1, 0.15) is 50.0 Å². The van der Waals surface area contributed by atoms with E-state index in [1.807, 2.05) is 36.4 Å². The fraction of sp³-hybridized carbons (Fsp3) is 0.240. The molecule has 4 aromatic rings. The van der Waals surface area contributed by atoms with Gasteiger partial charge >= 0.3 is 5.97 Å². The summed E-state index contributed by atoms with van der Waals surface area (Å²) in [7, 11) is 0. The zero-order valence-electron chi connectivity index (χ0n) is 19.9. The van der Waals surface area contributed by atoms with Crippen LogP contribution in [0.3, 0.4) is 0 Å². The SMILES string of the molecule is CCC(=O)ONC(=O)c1cccc(C(C)(C)C)c1-c1ccc(-c2ncc(-c3nn[nH]n3)cn2)cc1. The zero-order chi connectivity index (χ0) is 25.0. The molecule has 2 heterocycles. The Hall–Kier alpha value is -4.47. The van der Waals surface area contributed by atoms with Crippen LogP contribution in [0.4, 0.5) is 0 Å². The second-order valence-corrected chi connectivity index (χ2v) is 8.85. The lowest BCUT2D eigenvalue weighted by Crippen LogP contribution is -2.28. The average molecular weight is 472 g/mol. The molecular formula is C25H25N7O3. The summed E-state index contributed by atoms with van der Waals surface area (Å²) in [5.41, 5.74) is 6.50. The highest BCUT2D eigenvalue weighted by Gasteiger charge is 2.24. The Labute approximate surface area is 202 Å². The molecule has 35 heavy (non-hydrogen) atoms. The highest BCUT2D eigenvalue weighted by Crippen LogP contribution is 2.36. The van der Waals surface area contributed by atoms with Gasteiger partial charge in [-0.05, 0) is 33.4 Å². The second-order valence-electron chi connectivity index (χ2n) is 8.85. The molecule has 2 aromatic heterocycles. The van der Waals surface area contributed by atoms with Gasteiger partial charge < -0.3 is 4.84 Å². The third kappa shape index (κ3) is 5.21. The molecule has 0 atom stereocenters. The van der Waals surface area contributed by atoms with E-state index >= 15 is 0 Å². The van der Waals surface area contributed by atoms with E-state index < -0.39 is 11.9 Å². The van der Waals surface area contributed by atoms with E-state index in [4.69, 9.17) is 4.84 Å². The molecule has 10 nitrogen and oxygen atoms in total. The van der Waals surface area contributed by atoms with E-state index in [1.54, 1.807) is 25.4 Å². The Bertz CT molecular complexity index is 1330. The predicted molar refractivity (Wildman–Crippen MR) is 129 cm³/mol. The lowest BCUT2D eigenvalue weighted by molar-refractivity contribution is -0.148. The van der Waals surface area contributed by atoms with Crippen LogP contribution < -0.4 is 5.48 Å². The summed E-state index contributed by atoms with van der Waals surface area (Å²) in [6, 6.07) is 13.2. The number of hydrogen-bond donors (Lipinski definition) is 2. The number of hydrogen-bond acceptors (Lipinski definition) is 8. The molecule has 1 amide bonds. The molecule has 0 aliphatic heterocycles. The van der Waals surface area contributed by atoms with Crippen molar-refractivity contribution in [3.05, 3.63) is 66.0 Å². The molecule has 0 unspecified atom stereocenters. The van der Waals surface area contributed by atoms with Gasteiger partial charge in [0.1, 0.15) is 0 Å². The minimum Gasteiger partial charge on any atom is -0.341 e. The molecule has 0 radical (unpaired) electrons. The van der Waals surface area contributed by atoms with E-state index in [0.717, 1.165) is 22.3 Å². The van der Waals surface area contributed by atoms with Gasteiger partial charge in [0.05, 0.1) is 11.1 Å². The maximum absolute atomic E-state index is 12.9. The van der Waals surface area contributed by atoms with Gasteiger partial charge in [-0.15, -0.1) is 10.2 Å². The van der Waals surface area contributed by atoms with Crippen LogP contribution in [0.15, 0.2) is 54.9 Å². The zero-order valence-corrected chi connectivity index (χ0v) is 19.9. The fourth-order valence-corrected chi connectivity index (χ4v) is 3.57. The number of benzene rings is 2. The van der Waals surface area contributed by atoms with Gasteiger partial charge in [-0.1, -0.05) is 64.1 Å². The molecule has 2 N–H and O–H groups in total. The van der Waals surface area contributed by atoms with Crippen LogP contribution in [0.5, 0.6) is 0 Å². The maximum atomic E-state index is 12.9. The van der Waals surface area contributed by atoms with Crippen molar-refractivity contribution in [3.8, 4) is 33.9 Å². The summed E-state index contributed by atoms with van der Waals surface area (Å²) < 4.78 is 0. The summed E-state index contributed by atoms with van der Waals surface area (Å²) in [5.74, 6) is -0.0441. The van der Waals surface area contributed by atoms with Gasteiger partial charge in [-0.25, -0.2) is 14.8 Å². The number of carbonyl (C=O) groups is 2. The lowest BCUT2D eigenvalue weighted by Gasteiger charge is -2.25. The van der Waals surface area contributed by atoms with E-state index in [2.05, 4.69) is 56.8 Å². The van der Waals surface area contributed by atoms with Gasteiger partial charge in [0.2, 0.25) is 5.82 Å². The summed E-state index contributed by atoms with van der Waals surface area (Å²) in [6.07, 6.45) is 3.43. The van der Waals surface area contributed by atoms with Gasteiger partial charge in [-0.2, -0.15) is 10.7 Å². The Morgan fingerprint density at radius 3 is 2.23 bits per heavy atom. The van der Waals surface area contributed by atoms with Crippen molar-refractivity contribution in [2.75, 3.05) is 0 Å². The highest BCUT2D eigenvalue weighted by molar-refractivity contribution is 6.02. The van der Waals surface area contributed by atoms with E-state index in [-0.39, 0.29) is 11.8 Å². The van der Waals surface area contributed by atoms with Gasteiger partial charge in [0, 0.05) is 24.4 Å². The van der Waals surface area contributed by atoms with Crippen LogP contribution in [0.2, 0.25) is 0 Å². The van der Waals surface area contributed by atoms with Crippen molar-refractivity contribution in [1.82, 2.24) is 36.1 Å². The minimum atomic E-state index is -0.512. The third-order valence-electron chi connectivity index (χ3n) is 5.35. The van der Waals surface area contributed by atoms with Crippen molar-refractivity contribution in [2.24, 2.45) is 0 Å². The maximum Gasteiger partial charge on any atom is 0.331 e. The van der Waals surface area contributed by atoms with E-state index in [9.17, 15) is 9.59 Å². The van der Waals surface area contributed by atoms with E-state index in [0.29, 0.717) is 22.8 Å². The highest BCUT2D eigenvalue weighted by atomic mass is 16.7. The van der Waals surface area contributed by atoms with Gasteiger partial charge in [-0.3, -0.25) is 4.79 Å². The molecule has 0 saturated carbocycles. The molecule has 0 fully saturated rings. The molecule has 0 saturated heterocycles. The van der Waals surface area contributed by atoms with Crippen molar-refractivity contribution in [2.45, 2.75) is 39.5 Å². The normalized spacial score (nSPS) is 11.2. The monoisotopic (exact) mass is 471 g/mol. The topological polar surface area (TPSA) is 136 Å².